The van der Waals surface area contributed by atoms with E-state index < -0.39 is 11.8 Å². The third kappa shape index (κ3) is 5.70. The van der Waals surface area contributed by atoms with E-state index in [2.05, 4.69) is 20.7 Å². The van der Waals surface area contributed by atoms with Crippen LogP contribution in [-0.2, 0) is 4.79 Å². The molecule has 0 spiro atoms. The quantitative estimate of drug-likeness (QED) is 0.760. The van der Waals surface area contributed by atoms with Gasteiger partial charge in [-0.25, -0.2) is 4.98 Å². The highest BCUT2D eigenvalue weighted by Crippen LogP contribution is 2.22. The van der Waals surface area contributed by atoms with Crippen molar-refractivity contribution in [2.24, 2.45) is 0 Å². The van der Waals surface area contributed by atoms with Crippen LogP contribution in [0.3, 0.4) is 0 Å². The number of hydrogen-bond donors (Lipinski definition) is 2. The van der Waals surface area contributed by atoms with Crippen molar-refractivity contribution in [3.05, 3.63) is 53.2 Å². The Labute approximate surface area is 171 Å². The fourth-order valence-electron chi connectivity index (χ4n) is 3.41. The van der Waals surface area contributed by atoms with E-state index in [1.807, 2.05) is 38.1 Å². The van der Waals surface area contributed by atoms with Gasteiger partial charge in [-0.15, -0.1) is 0 Å². The number of carbonyl (C=O) groups excluding carboxylic acids is 2. The number of hydrazine groups is 1. The molecule has 1 aromatic carbocycles. The first-order valence-corrected chi connectivity index (χ1v) is 10.0. The van der Waals surface area contributed by atoms with Crippen molar-refractivity contribution in [2.45, 2.75) is 39.5 Å². The summed E-state index contributed by atoms with van der Waals surface area (Å²) in [6.45, 7) is 5.65. The number of hydrogen-bond acceptors (Lipinski definition) is 5. The first-order chi connectivity index (χ1) is 14.0. The second-order valence-electron chi connectivity index (χ2n) is 7.32. The Morgan fingerprint density at radius 2 is 1.69 bits per heavy atom. The molecule has 0 aliphatic carbocycles. The van der Waals surface area contributed by atoms with E-state index in [9.17, 15) is 9.59 Å². The lowest BCUT2D eigenvalue weighted by Gasteiger charge is -2.21. The maximum atomic E-state index is 12.3. The van der Waals surface area contributed by atoms with Crippen LogP contribution in [0.25, 0.3) is 0 Å². The zero-order valence-electron chi connectivity index (χ0n) is 17.0. The van der Waals surface area contributed by atoms with E-state index in [1.165, 1.54) is 31.9 Å². The number of ether oxygens (including phenoxy) is 1. The zero-order chi connectivity index (χ0) is 20.6. The van der Waals surface area contributed by atoms with Gasteiger partial charge in [-0.3, -0.25) is 20.4 Å². The third-order valence-corrected chi connectivity index (χ3v) is 5.01. The summed E-state index contributed by atoms with van der Waals surface area (Å²) in [7, 11) is 0. The summed E-state index contributed by atoms with van der Waals surface area (Å²) < 4.78 is 5.58. The Hall–Kier alpha value is -3.09. The number of para-hydroxylation sites is 1. The topological polar surface area (TPSA) is 83.6 Å². The van der Waals surface area contributed by atoms with Crippen LogP contribution in [0, 0.1) is 13.8 Å². The Balaban J connectivity index is 1.48. The lowest BCUT2D eigenvalue weighted by Crippen LogP contribution is -2.43. The molecule has 2 N–H and O–H groups in total. The van der Waals surface area contributed by atoms with Crippen molar-refractivity contribution < 1.29 is 14.3 Å². The number of rotatable bonds is 5. The molecule has 0 bridgehead atoms. The minimum Gasteiger partial charge on any atom is -0.483 e. The van der Waals surface area contributed by atoms with Gasteiger partial charge < -0.3 is 9.64 Å². The molecule has 1 aliphatic rings. The molecule has 1 fully saturated rings. The first kappa shape index (κ1) is 20.6. The van der Waals surface area contributed by atoms with Gasteiger partial charge in [0, 0.05) is 19.3 Å². The van der Waals surface area contributed by atoms with Crippen molar-refractivity contribution in [1.29, 1.82) is 0 Å². The molecule has 0 saturated carbocycles. The van der Waals surface area contributed by atoms with Crippen LogP contribution in [0.5, 0.6) is 5.75 Å². The van der Waals surface area contributed by atoms with Crippen molar-refractivity contribution in [3.63, 3.8) is 0 Å². The van der Waals surface area contributed by atoms with Crippen LogP contribution in [0.15, 0.2) is 36.5 Å². The average Bonchev–Trinajstić information content (AvgIpc) is 3.01. The molecule has 1 aromatic heterocycles. The number of aromatic nitrogens is 1. The van der Waals surface area contributed by atoms with Gasteiger partial charge in [0.25, 0.3) is 11.8 Å². The lowest BCUT2D eigenvalue weighted by atomic mass is 10.1. The normalized spacial score (nSPS) is 14.1. The van der Waals surface area contributed by atoms with Gasteiger partial charge in [0.1, 0.15) is 11.6 Å². The highest BCUT2D eigenvalue weighted by molar-refractivity contribution is 5.95. The second-order valence-corrected chi connectivity index (χ2v) is 7.32. The Morgan fingerprint density at radius 1 is 1.00 bits per heavy atom. The van der Waals surface area contributed by atoms with Crippen LogP contribution in [0.4, 0.5) is 5.82 Å². The Bertz CT molecular complexity index is 823. The molecule has 0 unspecified atom stereocenters. The zero-order valence-corrected chi connectivity index (χ0v) is 17.0. The van der Waals surface area contributed by atoms with E-state index in [-0.39, 0.29) is 6.61 Å². The van der Waals surface area contributed by atoms with Crippen LogP contribution in [0.2, 0.25) is 0 Å². The molecule has 3 rings (SSSR count). The van der Waals surface area contributed by atoms with Gasteiger partial charge in [0.2, 0.25) is 0 Å². The molecule has 2 heterocycles. The highest BCUT2D eigenvalue weighted by Gasteiger charge is 2.13. The molecule has 29 heavy (non-hydrogen) atoms. The molecule has 7 heteroatoms. The fourth-order valence-corrected chi connectivity index (χ4v) is 3.41. The number of anilines is 1. The number of nitrogens with one attached hydrogen (secondary N) is 2. The minimum absolute atomic E-state index is 0.182. The molecule has 1 aliphatic heterocycles. The van der Waals surface area contributed by atoms with E-state index in [0.29, 0.717) is 11.3 Å². The third-order valence-electron chi connectivity index (χ3n) is 5.01. The summed E-state index contributed by atoms with van der Waals surface area (Å²) in [4.78, 5) is 30.9. The summed E-state index contributed by atoms with van der Waals surface area (Å²) in [6.07, 6.45) is 6.38. The Morgan fingerprint density at radius 3 is 2.31 bits per heavy atom. The monoisotopic (exact) mass is 396 g/mol. The first-order valence-electron chi connectivity index (χ1n) is 10.0. The lowest BCUT2D eigenvalue weighted by molar-refractivity contribution is -0.123. The predicted molar refractivity (Wildman–Crippen MR) is 112 cm³/mol. The number of aryl methyl sites for hydroxylation is 2. The van der Waals surface area contributed by atoms with E-state index in [1.54, 1.807) is 6.07 Å². The van der Waals surface area contributed by atoms with Gasteiger partial charge >= 0.3 is 0 Å². The second kappa shape index (κ2) is 9.91. The van der Waals surface area contributed by atoms with Crippen molar-refractivity contribution in [1.82, 2.24) is 15.8 Å². The van der Waals surface area contributed by atoms with Crippen molar-refractivity contribution >= 4 is 17.6 Å². The van der Waals surface area contributed by atoms with Crippen LogP contribution >= 0.6 is 0 Å². The summed E-state index contributed by atoms with van der Waals surface area (Å²) >= 11 is 0. The maximum absolute atomic E-state index is 12.3. The van der Waals surface area contributed by atoms with E-state index in [4.69, 9.17) is 4.74 Å². The van der Waals surface area contributed by atoms with Gasteiger partial charge in [-0.2, -0.15) is 0 Å². The molecule has 7 nitrogen and oxygen atoms in total. The highest BCUT2D eigenvalue weighted by atomic mass is 16.5. The summed E-state index contributed by atoms with van der Waals surface area (Å²) in [5, 5.41) is 0. The molecular formula is C22H28N4O3. The van der Waals surface area contributed by atoms with Gasteiger partial charge in [-0.1, -0.05) is 31.0 Å². The number of amides is 2. The molecular weight excluding hydrogens is 368 g/mol. The van der Waals surface area contributed by atoms with Gasteiger partial charge in [-0.05, 0) is 49.9 Å². The molecule has 0 atom stereocenters. The van der Waals surface area contributed by atoms with Gasteiger partial charge in [0.05, 0.1) is 5.56 Å². The largest absolute Gasteiger partial charge is 0.483 e. The summed E-state index contributed by atoms with van der Waals surface area (Å²) in [5.41, 5.74) is 7.08. The predicted octanol–water partition coefficient (Wildman–Crippen LogP) is 2.92. The van der Waals surface area contributed by atoms with Gasteiger partial charge in [0.15, 0.2) is 6.61 Å². The van der Waals surface area contributed by atoms with Crippen LogP contribution in [-0.4, -0.2) is 36.5 Å². The standard InChI is InChI=1S/C22H28N4O3/c1-16-8-7-9-17(2)21(16)29-15-20(27)24-25-22(28)18-10-11-19(23-14-18)26-12-5-3-4-6-13-26/h7-11,14H,3-6,12-13,15H2,1-2H3,(H,24,27)(H,25,28). The SMILES string of the molecule is Cc1cccc(C)c1OCC(=O)NNC(=O)c1ccc(N2CCCCCC2)nc1. The molecule has 2 aromatic rings. The van der Waals surface area contributed by atoms with E-state index in [0.717, 1.165) is 30.0 Å². The van der Waals surface area contributed by atoms with Crippen LogP contribution < -0.4 is 20.5 Å². The maximum Gasteiger partial charge on any atom is 0.276 e. The van der Waals surface area contributed by atoms with Crippen molar-refractivity contribution in [3.8, 4) is 5.75 Å². The molecule has 0 radical (unpaired) electrons. The molecule has 154 valence electrons. The minimum atomic E-state index is -0.435. The van der Waals surface area contributed by atoms with Crippen molar-refractivity contribution in [2.75, 3.05) is 24.6 Å². The molecule has 2 amide bonds. The summed E-state index contributed by atoms with van der Waals surface area (Å²) in [6, 6.07) is 9.35. The number of nitrogens with zero attached hydrogens (tertiary/aromatic N) is 2. The van der Waals surface area contributed by atoms with E-state index >= 15 is 0 Å². The number of pyridine rings is 1. The molecule has 1 saturated heterocycles. The van der Waals surface area contributed by atoms with Crippen LogP contribution in [0.1, 0.15) is 47.2 Å². The number of carbonyl (C=O) groups is 2. The summed E-state index contributed by atoms with van der Waals surface area (Å²) in [5.74, 6) is 0.715. The number of benzene rings is 1. The smallest absolute Gasteiger partial charge is 0.276 e. The fraction of sp³-hybridized carbons (Fsp3) is 0.409. The Kier molecular flexibility index (Phi) is 7.05. The average molecular weight is 396 g/mol.